The van der Waals surface area contributed by atoms with Crippen LogP contribution in [0.25, 0.3) is 5.57 Å². The topological polar surface area (TPSA) is 58.6 Å². The van der Waals surface area contributed by atoms with Gasteiger partial charge in [0.15, 0.2) is 0 Å². The molecule has 0 unspecified atom stereocenters. The molecule has 3 aromatic rings. The number of rotatable bonds is 6. The molecule has 0 aliphatic carbocycles. The maximum absolute atomic E-state index is 13.4. The van der Waals surface area contributed by atoms with Crippen molar-refractivity contribution in [3.8, 4) is 5.75 Å². The maximum atomic E-state index is 13.4. The third-order valence-electron chi connectivity index (χ3n) is 5.33. The van der Waals surface area contributed by atoms with Crippen molar-refractivity contribution in [3.05, 3.63) is 101 Å². The van der Waals surface area contributed by atoms with E-state index in [2.05, 4.69) is 5.32 Å². The van der Waals surface area contributed by atoms with Crippen LogP contribution in [-0.2, 0) is 16.1 Å². The Morgan fingerprint density at radius 1 is 0.774 bits per heavy atom. The summed E-state index contributed by atoms with van der Waals surface area (Å²) in [4.78, 5) is 28.0. The summed E-state index contributed by atoms with van der Waals surface area (Å²) >= 11 is 0. The number of ether oxygens (including phenoxy) is 1. The molecule has 1 aliphatic heterocycles. The van der Waals surface area contributed by atoms with E-state index in [0.717, 1.165) is 33.7 Å². The lowest BCUT2D eigenvalue weighted by Crippen LogP contribution is -2.32. The van der Waals surface area contributed by atoms with Gasteiger partial charge in [-0.05, 0) is 49.2 Å². The van der Waals surface area contributed by atoms with Gasteiger partial charge in [0.1, 0.15) is 11.4 Å². The van der Waals surface area contributed by atoms with Crippen LogP contribution in [0.3, 0.4) is 0 Å². The second-order valence-electron chi connectivity index (χ2n) is 7.65. The first kappa shape index (κ1) is 20.4. The molecule has 3 aromatic carbocycles. The quantitative estimate of drug-likeness (QED) is 0.596. The van der Waals surface area contributed by atoms with E-state index < -0.39 is 0 Å². The van der Waals surface area contributed by atoms with Crippen LogP contribution >= 0.6 is 0 Å². The van der Waals surface area contributed by atoms with Crippen LogP contribution in [0.5, 0.6) is 5.75 Å². The van der Waals surface area contributed by atoms with Crippen molar-refractivity contribution in [2.24, 2.45) is 0 Å². The molecule has 0 bridgehead atoms. The van der Waals surface area contributed by atoms with Crippen molar-refractivity contribution in [1.29, 1.82) is 0 Å². The number of hydrogen-bond donors (Lipinski definition) is 1. The van der Waals surface area contributed by atoms with E-state index in [4.69, 9.17) is 4.74 Å². The molecular weight excluding hydrogens is 388 g/mol. The number of nitrogens with zero attached hydrogens (tertiary/aromatic N) is 1. The second-order valence-corrected chi connectivity index (χ2v) is 7.65. The Bertz CT molecular complexity index is 1140. The highest BCUT2D eigenvalue weighted by Gasteiger charge is 2.39. The largest absolute Gasteiger partial charge is 0.497 e. The van der Waals surface area contributed by atoms with Gasteiger partial charge in [-0.2, -0.15) is 0 Å². The van der Waals surface area contributed by atoms with Crippen LogP contribution in [0, 0.1) is 13.8 Å². The summed E-state index contributed by atoms with van der Waals surface area (Å²) in [5.74, 6) is 0.0827. The zero-order chi connectivity index (χ0) is 22.0. The number of imide groups is 1. The highest BCUT2D eigenvalue weighted by Crippen LogP contribution is 2.32. The number of hydrogen-bond acceptors (Lipinski definition) is 4. The zero-order valence-corrected chi connectivity index (χ0v) is 17.8. The third-order valence-corrected chi connectivity index (χ3v) is 5.33. The lowest BCUT2D eigenvalue weighted by Gasteiger charge is -2.16. The summed E-state index contributed by atoms with van der Waals surface area (Å²) in [5.41, 5.74) is 5.22. The molecule has 1 heterocycles. The molecule has 0 radical (unpaired) electrons. The zero-order valence-electron chi connectivity index (χ0n) is 17.8. The van der Waals surface area contributed by atoms with Crippen molar-refractivity contribution in [2.75, 3.05) is 12.4 Å². The summed E-state index contributed by atoms with van der Waals surface area (Å²) in [6, 6.07) is 22.7. The number of nitrogens with one attached hydrogen (secondary N) is 1. The average molecular weight is 412 g/mol. The predicted octanol–water partition coefficient (Wildman–Crippen LogP) is 4.70. The normalized spacial score (nSPS) is 13.7. The van der Waals surface area contributed by atoms with Gasteiger partial charge in [0.2, 0.25) is 0 Å². The van der Waals surface area contributed by atoms with E-state index in [1.54, 1.807) is 7.11 Å². The minimum atomic E-state index is -0.336. The van der Waals surface area contributed by atoms with Gasteiger partial charge in [-0.1, -0.05) is 59.7 Å². The molecule has 31 heavy (non-hydrogen) atoms. The Balaban J connectivity index is 1.70. The molecule has 2 amide bonds. The molecule has 4 rings (SSSR count). The molecule has 0 atom stereocenters. The van der Waals surface area contributed by atoms with Gasteiger partial charge in [-0.15, -0.1) is 0 Å². The monoisotopic (exact) mass is 412 g/mol. The molecule has 156 valence electrons. The first-order valence-corrected chi connectivity index (χ1v) is 10.1. The molecule has 0 aromatic heterocycles. The predicted molar refractivity (Wildman–Crippen MR) is 121 cm³/mol. The van der Waals surface area contributed by atoms with Crippen LogP contribution in [-0.4, -0.2) is 23.8 Å². The van der Waals surface area contributed by atoms with Gasteiger partial charge in [-0.3, -0.25) is 14.5 Å². The Hall–Kier alpha value is -3.86. The van der Waals surface area contributed by atoms with E-state index >= 15 is 0 Å². The van der Waals surface area contributed by atoms with Crippen LogP contribution in [0.15, 0.2) is 78.5 Å². The lowest BCUT2D eigenvalue weighted by atomic mass is 10.0. The second kappa shape index (κ2) is 8.48. The van der Waals surface area contributed by atoms with Crippen molar-refractivity contribution in [2.45, 2.75) is 20.4 Å². The van der Waals surface area contributed by atoms with Crippen molar-refractivity contribution >= 4 is 23.1 Å². The minimum absolute atomic E-state index is 0.191. The fraction of sp³-hybridized carbons (Fsp3) is 0.154. The van der Waals surface area contributed by atoms with E-state index in [0.29, 0.717) is 11.3 Å². The third kappa shape index (κ3) is 4.21. The molecule has 1 N–H and O–H groups in total. The van der Waals surface area contributed by atoms with Gasteiger partial charge in [0, 0.05) is 5.69 Å². The fourth-order valence-corrected chi connectivity index (χ4v) is 3.52. The number of carbonyl (C=O) groups excluding carboxylic acids is 2. The van der Waals surface area contributed by atoms with Crippen LogP contribution in [0.1, 0.15) is 22.3 Å². The summed E-state index contributed by atoms with van der Waals surface area (Å²) < 4.78 is 5.19. The Labute approximate surface area is 182 Å². The Morgan fingerprint density at radius 2 is 1.35 bits per heavy atom. The number of anilines is 1. The smallest absolute Gasteiger partial charge is 0.278 e. The first-order valence-electron chi connectivity index (χ1n) is 10.1. The Morgan fingerprint density at radius 3 is 1.94 bits per heavy atom. The summed E-state index contributed by atoms with van der Waals surface area (Å²) in [7, 11) is 1.60. The maximum Gasteiger partial charge on any atom is 0.278 e. The van der Waals surface area contributed by atoms with Crippen molar-refractivity contribution in [1.82, 2.24) is 4.90 Å². The van der Waals surface area contributed by atoms with E-state index in [1.165, 1.54) is 4.90 Å². The number of amides is 2. The first-order chi connectivity index (χ1) is 15.0. The molecule has 0 saturated carbocycles. The van der Waals surface area contributed by atoms with Gasteiger partial charge in [-0.25, -0.2) is 0 Å². The van der Waals surface area contributed by atoms with Gasteiger partial charge in [0.25, 0.3) is 11.8 Å². The standard InChI is InChI=1S/C26H24N2O3/c1-17-4-10-20(11-5-17)23-24(27-21-12-6-18(2)7-13-21)26(30)28(25(23)29)16-19-8-14-22(31-3)15-9-19/h4-15,27H,16H2,1-3H3. The summed E-state index contributed by atoms with van der Waals surface area (Å²) in [6.45, 7) is 4.18. The van der Waals surface area contributed by atoms with Gasteiger partial charge in [0.05, 0.1) is 19.2 Å². The van der Waals surface area contributed by atoms with Gasteiger partial charge < -0.3 is 10.1 Å². The number of aryl methyl sites for hydroxylation is 2. The van der Waals surface area contributed by atoms with Crippen LogP contribution in [0.4, 0.5) is 5.69 Å². The van der Waals surface area contributed by atoms with E-state index in [1.807, 2.05) is 86.6 Å². The minimum Gasteiger partial charge on any atom is -0.497 e. The number of methoxy groups -OCH3 is 1. The highest BCUT2D eigenvalue weighted by atomic mass is 16.5. The highest BCUT2D eigenvalue weighted by molar-refractivity contribution is 6.36. The lowest BCUT2D eigenvalue weighted by molar-refractivity contribution is -0.137. The molecule has 5 heteroatoms. The molecule has 1 aliphatic rings. The molecule has 5 nitrogen and oxygen atoms in total. The Kier molecular flexibility index (Phi) is 5.58. The summed E-state index contributed by atoms with van der Waals surface area (Å²) in [5, 5.41) is 3.19. The number of benzene rings is 3. The van der Waals surface area contributed by atoms with Crippen LogP contribution in [0.2, 0.25) is 0 Å². The molecular formula is C26H24N2O3. The van der Waals surface area contributed by atoms with Gasteiger partial charge >= 0.3 is 0 Å². The van der Waals surface area contributed by atoms with Crippen molar-refractivity contribution < 1.29 is 14.3 Å². The van der Waals surface area contributed by atoms with E-state index in [9.17, 15) is 9.59 Å². The van der Waals surface area contributed by atoms with Crippen molar-refractivity contribution in [3.63, 3.8) is 0 Å². The number of carbonyl (C=O) groups is 2. The van der Waals surface area contributed by atoms with E-state index in [-0.39, 0.29) is 18.4 Å². The van der Waals surface area contributed by atoms with Crippen LogP contribution < -0.4 is 10.1 Å². The fourth-order valence-electron chi connectivity index (χ4n) is 3.52. The molecule has 0 fully saturated rings. The SMILES string of the molecule is COc1ccc(CN2C(=O)C(Nc3ccc(C)cc3)=C(c3ccc(C)cc3)C2=O)cc1. The molecule has 0 spiro atoms. The average Bonchev–Trinajstić information content (AvgIpc) is 3.01. The molecule has 0 saturated heterocycles. The summed E-state index contributed by atoms with van der Waals surface area (Å²) in [6.07, 6.45) is 0.